The largest absolute Gasteiger partial charge is 0.348 e. The van der Waals surface area contributed by atoms with Crippen molar-refractivity contribution in [3.63, 3.8) is 0 Å². The predicted molar refractivity (Wildman–Crippen MR) is 88.8 cm³/mol. The summed E-state index contributed by atoms with van der Waals surface area (Å²) in [4.78, 5) is 28.4. The molecule has 3 aromatic rings. The second kappa shape index (κ2) is 5.92. The number of amides is 1. The van der Waals surface area contributed by atoms with Gasteiger partial charge >= 0.3 is 5.69 Å². The number of pyridine rings is 1. The summed E-state index contributed by atoms with van der Waals surface area (Å²) in [5.74, 6) is 0.569. The Morgan fingerprint density at radius 3 is 2.96 bits per heavy atom. The molecule has 0 bridgehead atoms. The lowest BCUT2D eigenvalue weighted by Gasteiger charge is -2.15. The lowest BCUT2D eigenvalue weighted by molar-refractivity contribution is 0.0928. The first-order valence-corrected chi connectivity index (χ1v) is 8.00. The molecule has 1 unspecified atom stereocenters. The third kappa shape index (κ3) is 2.68. The van der Waals surface area contributed by atoms with Crippen molar-refractivity contribution in [2.75, 3.05) is 0 Å². The minimum absolute atomic E-state index is 0.00636. The molecule has 2 N–H and O–H groups in total. The van der Waals surface area contributed by atoms with Crippen LogP contribution in [-0.4, -0.2) is 31.7 Å². The molecule has 0 saturated carbocycles. The second-order valence-electron chi connectivity index (χ2n) is 6.01. The SMILES string of the molecule is O=C(NC1CCc2n[nH]c(=O)n2CC1)c1cc2ccccc2cn1. The highest BCUT2D eigenvalue weighted by molar-refractivity contribution is 5.96. The smallest absolute Gasteiger partial charge is 0.343 e. The zero-order valence-corrected chi connectivity index (χ0v) is 13.0. The van der Waals surface area contributed by atoms with Crippen LogP contribution in [0.4, 0.5) is 0 Å². The Bertz CT molecular complexity index is 959. The van der Waals surface area contributed by atoms with Crippen LogP contribution in [0.1, 0.15) is 29.2 Å². The van der Waals surface area contributed by atoms with Gasteiger partial charge in [0, 0.05) is 30.6 Å². The predicted octanol–water partition coefficient (Wildman–Crippen LogP) is 1.25. The number of nitrogens with zero attached hydrogens (tertiary/aromatic N) is 3. The van der Waals surface area contributed by atoms with Crippen molar-refractivity contribution in [1.82, 2.24) is 25.1 Å². The fourth-order valence-corrected chi connectivity index (χ4v) is 3.12. The van der Waals surface area contributed by atoms with Crippen LogP contribution < -0.4 is 11.0 Å². The number of aromatic amines is 1. The van der Waals surface area contributed by atoms with Crippen LogP contribution in [0.25, 0.3) is 10.8 Å². The molecular formula is C17H17N5O2. The molecule has 7 heteroatoms. The molecule has 7 nitrogen and oxygen atoms in total. The number of hydrogen-bond donors (Lipinski definition) is 2. The topological polar surface area (TPSA) is 92.7 Å². The highest BCUT2D eigenvalue weighted by atomic mass is 16.2. The Labute approximate surface area is 137 Å². The molecular weight excluding hydrogens is 306 g/mol. The summed E-state index contributed by atoms with van der Waals surface area (Å²) in [5, 5.41) is 11.5. The highest BCUT2D eigenvalue weighted by Crippen LogP contribution is 2.15. The molecule has 4 rings (SSSR count). The first-order valence-electron chi connectivity index (χ1n) is 8.00. The van der Waals surface area contributed by atoms with E-state index in [4.69, 9.17) is 0 Å². The summed E-state index contributed by atoms with van der Waals surface area (Å²) in [6.45, 7) is 0.556. The van der Waals surface area contributed by atoms with Gasteiger partial charge in [-0.2, -0.15) is 5.10 Å². The molecule has 1 atom stereocenters. The van der Waals surface area contributed by atoms with Crippen LogP contribution in [0.15, 0.2) is 41.3 Å². The Hall–Kier alpha value is -2.96. The number of carbonyl (C=O) groups is 1. The van der Waals surface area contributed by atoms with Crippen molar-refractivity contribution < 1.29 is 4.79 Å². The number of benzene rings is 1. The van der Waals surface area contributed by atoms with Crippen molar-refractivity contribution in [1.29, 1.82) is 0 Å². The van der Waals surface area contributed by atoms with E-state index in [9.17, 15) is 9.59 Å². The summed E-state index contributed by atoms with van der Waals surface area (Å²) in [7, 11) is 0. The summed E-state index contributed by atoms with van der Waals surface area (Å²) >= 11 is 0. The van der Waals surface area contributed by atoms with E-state index in [0.29, 0.717) is 25.1 Å². The van der Waals surface area contributed by atoms with Gasteiger partial charge in [-0.25, -0.2) is 9.89 Å². The van der Waals surface area contributed by atoms with Gasteiger partial charge in [-0.05, 0) is 24.3 Å². The maximum atomic E-state index is 12.5. The zero-order valence-electron chi connectivity index (χ0n) is 13.0. The third-order valence-electron chi connectivity index (χ3n) is 4.45. The summed E-state index contributed by atoms with van der Waals surface area (Å²) in [5.41, 5.74) is 0.224. The van der Waals surface area contributed by atoms with Crippen molar-refractivity contribution in [2.24, 2.45) is 0 Å². The molecule has 1 aromatic carbocycles. The van der Waals surface area contributed by atoms with Crippen LogP contribution in [-0.2, 0) is 13.0 Å². The quantitative estimate of drug-likeness (QED) is 0.742. The Morgan fingerprint density at radius 2 is 2.08 bits per heavy atom. The lowest BCUT2D eigenvalue weighted by Crippen LogP contribution is -2.36. The number of carbonyl (C=O) groups excluding carboxylic acids is 1. The summed E-state index contributed by atoms with van der Waals surface area (Å²) in [6, 6.07) is 9.62. The molecule has 1 aliphatic heterocycles. The van der Waals surface area contributed by atoms with E-state index in [-0.39, 0.29) is 17.6 Å². The maximum absolute atomic E-state index is 12.5. The average molecular weight is 323 g/mol. The molecule has 2 aromatic heterocycles. The van der Waals surface area contributed by atoms with Gasteiger partial charge in [0.1, 0.15) is 11.5 Å². The van der Waals surface area contributed by atoms with Crippen LogP contribution in [0.3, 0.4) is 0 Å². The van der Waals surface area contributed by atoms with E-state index in [1.165, 1.54) is 0 Å². The van der Waals surface area contributed by atoms with Gasteiger partial charge in [0.05, 0.1) is 0 Å². The number of nitrogens with one attached hydrogen (secondary N) is 2. The Morgan fingerprint density at radius 1 is 1.25 bits per heavy atom. The standard InChI is InChI=1S/C17H17N5O2/c23-16(14-9-11-3-1-2-4-12(11)10-18-14)19-13-5-6-15-20-21-17(24)22(15)8-7-13/h1-4,9-10,13H,5-8H2,(H,19,23)(H,21,24). The zero-order chi connectivity index (χ0) is 16.5. The number of aromatic nitrogens is 4. The molecule has 0 radical (unpaired) electrons. The second-order valence-corrected chi connectivity index (χ2v) is 6.01. The van der Waals surface area contributed by atoms with Crippen molar-refractivity contribution in [3.05, 3.63) is 58.5 Å². The average Bonchev–Trinajstić information content (AvgIpc) is 2.84. The monoisotopic (exact) mass is 323 g/mol. The fourth-order valence-electron chi connectivity index (χ4n) is 3.12. The van der Waals surface area contributed by atoms with Crippen LogP contribution in [0.2, 0.25) is 0 Å². The molecule has 24 heavy (non-hydrogen) atoms. The third-order valence-corrected chi connectivity index (χ3v) is 4.45. The number of aryl methyl sites for hydroxylation is 1. The van der Waals surface area contributed by atoms with Gasteiger partial charge in [0.15, 0.2) is 0 Å². The van der Waals surface area contributed by atoms with Crippen molar-refractivity contribution in [3.8, 4) is 0 Å². The van der Waals surface area contributed by atoms with Gasteiger partial charge in [0.2, 0.25) is 0 Å². The molecule has 1 aliphatic rings. The molecule has 0 saturated heterocycles. The molecule has 0 fully saturated rings. The first kappa shape index (κ1) is 14.6. The summed E-state index contributed by atoms with van der Waals surface area (Å²) in [6.07, 6.45) is 3.83. The Balaban J connectivity index is 1.48. The fraction of sp³-hybridized carbons (Fsp3) is 0.294. The van der Waals surface area contributed by atoms with Crippen molar-refractivity contribution in [2.45, 2.75) is 31.8 Å². The van der Waals surface area contributed by atoms with Gasteiger partial charge < -0.3 is 5.32 Å². The number of rotatable bonds is 2. The molecule has 0 spiro atoms. The van der Waals surface area contributed by atoms with E-state index in [0.717, 1.165) is 23.0 Å². The van der Waals surface area contributed by atoms with Gasteiger partial charge in [0.25, 0.3) is 5.91 Å². The van der Waals surface area contributed by atoms with E-state index in [1.54, 1.807) is 16.8 Å². The first-order chi connectivity index (χ1) is 11.7. The number of fused-ring (bicyclic) bond motifs is 2. The van der Waals surface area contributed by atoms with Crippen LogP contribution >= 0.6 is 0 Å². The van der Waals surface area contributed by atoms with Gasteiger partial charge in [-0.1, -0.05) is 24.3 Å². The number of H-pyrrole nitrogens is 1. The van der Waals surface area contributed by atoms with Crippen LogP contribution in [0.5, 0.6) is 0 Å². The van der Waals surface area contributed by atoms with E-state index in [2.05, 4.69) is 20.5 Å². The van der Waals surface area contributed by atoms with Gasteiger partial charge in [-0.3, -0.25) is 14.3 Å². The molecule has 3 heterocycles. The van der Waals surface area contributed by atoms with E-state index < -0.39 is 0 Å². The van der Waals surface area contributed by atoms with E-state index >= 15 is 0 Å². The molecule has 0 aliphatic carbocycles. The minimum atomic E-state index is -0.187. The lowest BCUT2D eigenvalue weighted by atomic mass is 10.1. The number of hydrogen-bond acceptors (Lipinski definition) is 4. The normalized spacial score (nSPS) is 17.2. The molecule has 122 valence electrons. The van der Waals surface area contributed by atoms with E-state index in [1.807, 2.05) is 24.3 Å². The molecule has 1 amide bonds. The summed E-state index contributed by atoms with van der Waals surface area (Å²) < 4.78 is 1.64. The minimum Gasteiger partial charge on any atom is -0.348 e. The highest BCUT2D eigenvalue weighted by Gasteiger charge is 2.21. The van der Waals surface area contributed by atoms with Gasteiger partial charge in [-0.15, -0.1) is 0 Å². The maximum Gasteiger partial charge on any atom is 0.343 e. The Kier molecular flexibility index (Phi) is 3.60. The van der Waals surface area contributed by atoms with Crippen LogP contribution in [0, 0.1) is 0 Å². The van der Waals surface area contributed by atoms with Crippen molar-refractivity contribution >= 4 is 16.7 Å².